The molecule has 6 heteroatoms. The largest absolute Gasteiger partial charge is 0.483 e. The molecule has 0 aliphatic rings. The van der Waals surface area contributed by atoms with Gasteiger partial charge in [0.05, 0.1) is 0 Å². The van der Waals surface area contributed by atoms with E-state index in [1.54, 1.807) is 0 Å². The lowest BCUT2D eigenvalue weighted by molar-refractivity contribution is 0.203. The van der Waals surface area contributed by atoms with E-state index in [1.165, 1.54) is 0 Å². The Hall–Kier alpha value is 0.480. The molecule has 0 aromatic heterocycles. The topological polar surface area (TPSA) is 18.5 Å². The normalized spacial score (nSPS) is 9.57. The number of ether oxygens (including phenoxy) is 2. The minimum atomic E-state index is 0.444. The highest BCUT2D eigenvalue weighted by Crippen LogP contribution is 1.95. The molecule has 2 nitrogen and oxygen atoms in total. The SMILES string of the molecule is S=C(CCS)OCCOC(=S)CCS. The predicted molar refractivity (Wildman–Crippen MR) is 74.0 cm³/mol. The molecule has 0 bridgehead atoms. The average Bonchev–Trinajstić information content (AvgIpc) is 2.13. The highest BCUT2D eigenvalue weighted by atomic mass is 32.1. The molecule has 0 fully saturated rings. The van der Waals surface area contributed by atoms with Gasteiger partial charge in [0, 0.05) is 12.8 Å². The first kappa shape index (κ1) is 14.5. The Balaban J connectivity index is 3.28. The fourth-order valence-corrected chi connectivity index (χ4v) is 1.72. The molecular formula is C8H14O2S4. The maximum atomic E-state index is 5.19. The van der Waals surface area contributed by atoms with Crippen molar-refractivity contribution < 1.29 is 9.47 Å². The second-order valence-electron chi connectivity index (χ2n) is 2.39. The zero-order chi connectivity index (χ0) is 10.8. The molecule has 0 aliphatic carbocycles. The number of thiol groups is 2. The second-order valence-corrected chi connectivity index (χ2v) is 4.19. The van der Waals surface area contributed by atoms with E-state index >= 15 is 0 Å². The van der Waals surface area contributed by atoms with Crippen LogP contribution in [0.1, 0.15) is 12.8 Å². The van der Waals surface area contributed by atoms with E-state index in [9.17, 15) is 0 Å². The van der Waals surface area contributed by atoms with Crippen molar-refractivity contribution in [3.05, 3.63) is 0 Å². The van der Waals surface area contributed by atoms with Crippen molar-refractivity contribution in [1.29, 1.82) is 0 Å². The summed E-state index contributed by atoms with van der Waals surface area (Å²) in [4.78, 5) is 0. The van der Waals surface area contributed by atoms with Gasteiger partial charge in [-0.2, -0.15) is 25.3 Å². The van der Waals surface area contributed by atoms with Gasteiger partial charge in [-0.05, 0) is 35.9 Å². The van der Waals surface area contributed by atoms with Crippen LogP contribution in [-0.2, 0) is 9.47 Å². The summed E-state index contributed by atoms with van der Waals surface area (Å²) in [5.74, 6) is 1.41. The summed E-state index contributed by atoms with van der Waals surface area (Å²) in [5, 5.41) is 1.15. The van der Waals surface area contributed by atoms with Crippen LogP contribution in [0.15, 0.2) is 0 Å². The van der Waals surface area contributed by atoms with Crippen LogP contribution in [0.4, 0.5) is 0 Å². The van der Waals surface area contributed by atoms with Crippen molar-refractivity contribution >= 4 is 59.8 Å². The summed E-state index contributed by atoms with van der Waals surface area (Å²) in [5.41, 5.74) is 0. The van der Waals surface area contributed by atoms with Gasteiger partial charge in [-0.25, -0.2) is 0 Å². The quantitative estimate of drug-likeness (QED) is 0.420. The summed E-state index contributed by atoms with van der Waals surface area (Å²) in [6.45, 7) is 0.888. The minimum Gasteiger partial charge on any atom is -0.483 e. The Morgan fingerprint density at radius 3 is 1.50 bits per heavy atom. The van der Waals surface area contributed by atoms with Crippen LogP contribution in [-0.4, -0.2) is 34.8 Å². The van der Waals surface area contributed by atoms with E-state index in [-0.39, 0.29) is 0 Å². The van der Waals surface area contributed by atoms with Gasteiger partial charge in [0.25, 0.3) is 0 Å². The van der Waals surface area contributed by atoms with Crippen molar-refractivity contribution in [3.8, 4) is 0 Å². The van der Waals surface area contributed by atoms with Crippen molar-refractivity contribution in [2.24, 2.45) is 0 Å². The minimum absolute atomic E-state index is 0.444. The van der Waals surface area contributed by atoms with E-state index in [2.05, 4.69) is 25.3 Å². The lowest BCUT2D eigenvalue weighted by Crippen LogP contribution is -2.12. The molecule has 0 rings (SSSR count). The van der Waals surface area contributed by atoms with Crippen LogP contribution < -0.4 is 0 Å². The van der Waals surface area contributed by atoms with Crippen LogP contribution in [0.5, 0.6) is 0 Å². The Morgan fingerprint density at radius 1 is 0.857 bits per heavy atom. The summed E-state index contributed by atoms with van der Waals surface area (Å²) in [7, 11) is 0. The van der Waals surface area contributed by atoms with E-state index in [4.69, 9.17) is 33.9 Å². The maximum absolute atomic E-state index is 5.19. The van der Waals surface area contributed by atoms with E-state index in [1.807, 2.05) is 0 Å². The molecule has 0 N–H and O–H groups in total. The first-order valence-corrected chi connectivity index (χ1v) is 6.31. The lowest BCUT2D eigenvalue weighted by Gasteiger charge is -2.08. The van der Waals surface area contributed by atoms with Crippen LogP contribution in [0, 0.1) is 0 Å². The Morgan fingerprint density at radius 2 is 1.21 bits per heavy atom. The molecule has 0 heterocycles. The highest BCUT2D eigenvalue weighted by molar-refractivity contribution is 7.81. The Kier molecular flexibility index (Phi) is 10.4. The van der Waals surface area contributed by atoms with Crippen LogP contribution in [0.3, 0.4) is 0 Å². The van der Waals surface area contributed by atoms with Gasteiger partial charge in [0.2, 0.25) is 0 Å². The molecule has 0 atom stereocenters. The molecule has 0 amide bonds. The Labute approximate surface area is 107 Å². The molecule has 0 unspecified atom stereocenters. The Bertz CT molecular complexity index is 164. The summed E-state index contributed by atoms with van der Waals surface area (Å²) in [6.07, 6.45) is 1.39. The molecular weight excluding hydrogens is 256 g/mol. The van der Waals surface area contributed by atoms with Gasteiger partial charge in [0.15, 0.2) is 10.1 Å². The standard InChI is InChI=1S/C8H14O2S4/c11-5-1-7(13)9-3-4-10-8(14)2-6-12/h11-12H,1-6H2. The fourth-order valence-electron chi connectivity index (χ4n) is 0.638. The van der Waals surface area contributed by atoms with E-state index < -0.39 is 0 Å². The van der Waals surface area contributed by atoms with Gasteiger partial charge in [0.1, 0.15) is 13.2 Å². The van der Waals surface area contributed by atoms with Gasteiger partial charge in [-0.15, -0.1) is 0 Å². The molecule has 0 radical (unpaired) electrons. The van der Waals surface area contributed by atoms with Crippen molar-refractivity contribution in [2.45, 2.75) is 12.8 Å². The lowest BCUT2D eigenvalue weighted by atomic mass is 10.5. The number of rotatable bonds is 7. The van der Waals surface area contributed by atoms with Crippen LogP contribution in [0.2, 0.25) is 0 Å². The van der Waals surface area contributed by atoms with E-state index in [0.717, 1.165) is 0 Å². The van der Waals surface area contributed by atoms with Gasteiger partial charge < -0.3 is 9.47 Å². The van der Waals surface area contributed by atoms with E-state index in [0.29, 0.717) is 47.7 Å². The highest BCUT2D eigenvalue weighted by Gasteiger charge is 1.98. The summed E-state index contributed by atoms with van der Waals surface area (Å²) in [6, 6.07) is 0. The van der Waals surface area contributed by atoms with Crippen molar-refractivity contribution in [2.75, 3.05) is 24.7 Å². The average molecular weight is 270 g/mol. The van der Waals surface area contributed by atoms with Gasteiger partial charge in [-0.1, -0.05) is 0 Å². The molecule has 82 valence electrons. The first-order chi connectivity index (χ1) is 6.70. The zero-order valence-corrected chi connectivity index (χ0v) is 11.2. The van der Waals surface area contributed by atoms with Gasteiger partial charge in [-0.3, -0.25) is 0 Å². The molecule has 14 heavy (non-hydrogen) atoms. The monoisotopic (exact) mass is 270 g/mol. The maximum Gasteiger partial charge on any atom is 0.160 e. The second kappa shape index (κ2) is 10.0. The zero-order valence-electron chi connectivity index (χ0n) is 7.77. The fraction of sp³-hybridized carbons (Fsp3) is 0.750. The smallest absolute Gasteiger partial charge is 0.160 e. The molecule has 0 aliphatic heterocycles. The summed E-state index contributed by atoms with van der Waals surface area (Å²) >= 11 is 17.9. The van der Waals surface area contributed by atoms with Gasteiger partial charge >= 0.3 is 0 Å². The third kappa shape index (κ3) is 9.05. The van der Waals surface area contributed by atoms with Crippen molar-refractivity contribution in [3.63, 3.8) is 0 Å². The molecule has 0 aromatic carbocycles. The predicted octanol–water partition coefficient (Wildman–Crippen LogP) is 2.31. The number of hydrogen-bond donors (Lipinski definition) is 2. The molecule has 0 aromatic rings. The number of thiocarbonyl (C=S) groups is 2. The van der Waals surface area contributed by atoms with Crippen LogP contribution in [0.25, 0.3) is 0 Å². The summed E-state index contributed by atoms with van der Waals surface area (Å²) < 4.78 is 10.4. The third-order valence-electron chi connectivity index (χ3n) is 1.24. The third-order valence-corrected chi connectivity index (χ3v) is 2.33. The number of hydrogen-bond acceptors (Lipinski definition) is 6. The van der Waals surface area contributed by atoms with Crippen molar-refractivity contribution in [1.82, 2.24) is 0 Å². The molecule has 0 spiro atoms. The molecule has 0 saturated carbocycles. The molecule has 0 saturated heterocycles. The first-order valence-electron chi connectivity index (χ1n) is 4.23. The van der Waals surface area contributed by atoms with Crippen LogP contribution >= 0.6 is 49.7 Å².